The van der Waals surface area contributed by atoms with Crippen LogP contribution in [0.25, 0.3) is 0 Å². The third-order valence-corrected chi connectivity index (χ3v) is 6.50. The summed E-state index contributed by atoms with van der Waals surface area (Å²) in [5.74, 6) is 0.794. The van der Waals surface area contributed by atoms with E-state index in [1.807, 2.05) is 76.2 Å². The predicted molar refractivity (Wildman–Crippen MR) is 115 cm³/mol. The lowest BCUT2D eigenvalue weighted by Crippen LogP contribution is -2.41. The Hall–Kier alpha value is -2.31. The van der Waals surface area contributed by atoms with Gasteiger partial charge in [-0.3, -0.25) is 4.79 Å². The number of rotatable bonds is 5. The fraction of sp³-hybridized carbons (Fsp3) is 0.435. The van der Waals surface area contributed by atoms with E-state index >= 15 is 0 Å². The molecule has 1 amide bonds. The minimum Gasteiger partial charge on any atom is -0.497 e. The highest BCUT2D eigenvalue weighted by atomic mass is 16.7. The first-order valence-electron chi connectivity index (χ1n) is 10.1. The van der Waals surface area contributed by atoms with E-state index in [1.54, 1.807) is 7.11 Å². The van der Waals surface area contributed by atoms with Gasteiger partial charge in [-0.15, -0.1) is 0 Å². The molecule has 0 spiro atoms. The van der Waals surface area contributed by atoms with E-state index in [2.05, 4.69) is 5.32 Å². The zero-order chi connectivity index (χ0) is 20.9. The number of ether oxygens (including phenoxy) is 1. The molecule has 2 aromatic carbocycles. The van der Waals surface area contributed by atoms with Gasteiger partial charge >= 0.3 is 7.12 Å². The average Bonchev–Trinajstić information content (AvgIpc) is 3.46. The van der Waals surface area contributed by atoms with E-state index in [0.717, 1.165) is 35.3 Å². The molecule has 0 aromatic heterocycles. The molecule has 1 saturated carbocycles. The Balaban J connectivity index is 1.46. The van der Waals surface area contributed by atoms with Crippen LogP contribution in [0.1, 0.15) is 46.1 Å². The normalized spacial score (nSPS) is 20.9. The highest BCUT2D eigenvalue weighted by Gasteiger charge is 2.52. The van der Waals surface area contributed by atoms with Gasteiger partial charge in [0.2, 0.25) is 5.91 Å². The predicted octanol–water partition coefficient (Wildman–Crippen LogP) is 3.66. The maximum atomic E-state index is 13.0. The molecular weight excluding hydrogens is 365 g/mol. The molecule has 4 rings (SSSR count). The van der Waals surface area contributed by atoms with Crippen molar-refractivity contribution in [1.29, 1.82) is 0 Å². The molecule has 2 fully saturated rings. The maximum Gasteiger partial charge on any atom is 0.494 e. The topological polar surface area (TPSA) is 56.8 Å². The van der Waals surface area contributed by atoms with Crippen molar-refractivity contribution in [3.05, 3.63) is 54.1 Å². The number of hydrogen-bond donors (Lipinski definition) is 1. The van der Waals surface area contributed by atoms with E-state index in [-0.39, 0.29) is 17.1 Å². The van der Waals surface area contributed by atoms with Gasteiger partial charge in [-0.25, -0.2) is 0 Å². The van der Waals surface area contributed by atoms with Crippen LogP contribution >= 0.6 is 0 Å². The van der Waals surface area contributed by atoms with Crippen molar-refractivity contribution in [2.24, 2.45) is 0 Å². The molecule has 152 valence electrons. The van der Waals surface area contributed by atoms with Crippen molar-refractivity contribution in [3.63, 3.8) is 0 Å². The number of methoxy groups -OCH3 is 1. The van der Waals surface area contributed by atoms with Gasteiger partial charge in [-0.1, -0.05) is 24.3 Å². The third kappa shape index (κ3) is 3.56. The van der Waals surface area contributed by atoms with E-state index in [9.17, 15) is 4.79 Å². The van der Waals surface area contributed by atoms with Gasteiger partial charge in [-0.2, -0.15) is 0 Å². The number of carbonyl (C=O) groups excluding carboxylic acids is 1. The SMILES string of the molecule is COc1cccc(C2(C(=O)Nc3ccc(B4OC(C)(C)C(C)(C)O4)cc3)CC2)c1. The Morgan fingerprint density at radius 2 is 1.62 bits per heavy atom. The molecule has 0 radical (unpaired) electrons. The lowest BCUT2D eigenvalue weighted by Gasteiger charge is -2.32. The van der Waals surface area contributed by atoms with E-state index in [1.165, 1.54) is 0 Å². The molecule has 0 bridgehead atoms. The highest BCUT2D eigenvalue weighted by Crippen LogP contribution is 2.49. The first kappa shape index (κ1) is 20.0. The minimum absolute atomic E-state index is 0.0223. The van der Waals surface area contributed by atoms with E-state index in [4.69, 9.17) is 14.0 Å². The van der Waals surface area contributed by atoms with Crippen molar-refractivity contribution < 1.29 is 18.8 Å². The van der Waals surface area contributed by atoms with Gasteiger partial charge in [0.05, 0.1) is 23.7 Å². The van der Waals surface area contributed by atoms with Crippen LogP contribution in [0, 0.1) is 0 Å². The van der Waals surface area contributed by atoms with Crippen LogP contribution in [0.3, 0.4) is 0 Å². The number of anilines is 1. The summed E-state index contributed by atoms with van der Waals surface area (Å²) in [6.45, 7) is 8.15. The van der Waals surface area contributed by atoms with Crippen molar-refractivity contribution in [2.45, 2.75) is 57.2 Å². The minimum atomic E-state index is -0.459. The van der Waals surface area contributed by atoms with Gasteiger partial charge in [-0.05, 0) is 75.8 Å². The smallest absolute Gasteiger partial charge is 0.494 e. The highest BCUT2D eigenvalue weighted by molar-refractivity contribution is 6.62. The Kier molecular flexibility index (Phi) is 4.75. The third-order valence-electron chi connectivity index (χ3n) is 6.50. The number of amides is 1. The summed E-state index contributed by atoms with van der Waals surface area (Å²) in [7, 11) is 1.23. The molecule has 0 atom stereocenters. The Bertz CT molecular complexity index is 903. The van der Waals surface area contributed by atoms with Gasteiger partial charge < -0.3 is 19.4 Å². The fourth-order valence-electron chi connectivity index (χ4n) is 3.65. The molecule has 1 aliphatic heterocycles. The van der Waals surface area contributed by atoms with Crippen LogP contribution < -0.4 is 15.5 Å². The molecule has 2 aliphatic rings. The standard InChI is InChI=1S/C23H28BNO4/c1-21(2)22(3,4)29-24(28-21)17-9-11-18(12-10-17)25-20(26)23(13-14-23)16-7-6-8-19(15-16)27-5/h6-12,15H,13-14H2,1-5H3,(H,25,26). The molecular formula is C23H28BNO4. The summed E-state index contributed by atoms with van der Waals surface area (Å²) in [5, 5.41) is 3.07. The second-order valence-electron chi connectivity index (χ2n) is 8.98. The average molecular weight is 393 g/mol. The fourth-order valence-corrected chi connectivity index (χ4v) is 3.65. The van der Waals surface area contributed by atoms with E-state index in [0.29, 0.717) is 0 Å². The quantitative estimate of drug-likeness (QED) is 0.788. The molecule has 6 heteroatoms. The molecule has 0 unspecified atom stereocenters. The largest absolute Gasteiger partial charge is 0.497 e. The molecule has 29 heavy (non-hydrogen) atoms. The Morgan fingerprint density at radius 1 is 1.00 bits per heavy atom. The molecule has 1 aliphatic carbocycles. The van der Waals surface area contributed by atoms with Crippen LogP contribution in [-0.4, -0.2) is 31.3 Å². The van der Waals surface area contributed by atoms with Gasteiger partial charge in [0.25, 0.3) is 0 Å². The van der Waals surface area contributed by atoms with Gasteiger partial charge in [0.15, 0.2) is 0 Å². The first-order valence-corrected chi connectivity index (χ1v) is 10.1. The lowest BCUT2D eigenvalue weighted by molar-refractivity contribution is -0.118. The number of benzene rings is 2. The second-order valence-corrected chi connectivity index (χ2v) is 8.98. The Morgan fingerprint density at radius 3 is 2.17 bits per heavy atom. The van der Waals surface area contributed by atoms with Crippen molar-refractivity contribution in [1.82, 2.24) is 0 Å². The van der Waals surface area contributed by atoms with Gasteiger partial charge in [0.1, 0.15) is 5.75 Å². The summed E-state index contributed by atoms with van der Waals surface area (Å²) >= 11 is 0. The van der Waals surface area contributed by atoms with Crippen molar-refractivity contribution >= 4 is 24.2 Å². The Labute approximate surface area is 172 Å². The summed E-state index contributed by atoms with van der Waals surface area (Å²) < 4.78 is 17.5. The molecule has 5 nitrogen and oxygen atoms in total. The van der Waals surface area contributed by atoms with E-state index < -0.39 is 12.5 Å². The zero-order valence-corrected chi connectivity index (χ0v) is 17.7. The molecule has 1 heterocycles. The van der Waals surface area contributed by atoms with Crippen LogP contribution in [0.5, 0.6) is 5.75 Å². The molecule has 2 aromatic rings. The zero-order valence-electron chi connectivity index (χ0n) is 17.7. The first-order chi connectivity index (χ1) is 13.7. The van der Waals surface area contributed by atoms with Gasteiger partial charge in [0, 0.05) is 5.69 Å². The summed E-state index contributed by atoms with van der Waals surface area (Å²) in [6, 6.07) is 15.5. The summed E-state index contributed by atoms with van der Waals surface area (Å²) in [6.07, 6.45) is 1.69. The van der Waals surface area contributed by atoms with Crippen LogP contribution in [0.4, 0.5) is 5.69 Å². The summed E-state index contributed by atoms with van der Waals surface area (Å²) in [5.41, 5.74) is 1.50. The molecule has 1 N–H and O–H groups in total. The number of hydrogen-bond acceptors (Lipinski definition) is 4. The second kappa shape index (κ2) is 6.89. The number of nitrogens with one attached hydrogen (secondary N) is 1. The molecule has 1 saturated heterocycles. The maximum absolute atomic E-state index is 13.0. The van der Waals surface area contributed by atoms with Crippen LogP contribution in [0.15, 0.2) is 48.5 Å². The lowest BCUT2D eigenvalue weighted by atomic mass is 9.79. The monoisotopic (exact) mass is 393 g/mol. The number of carbonyl (C=O) groups is 1. The summed E-state index contributed by atoms with van der Waals surface area (Å²) in [4.78, 5) is 13.0. The van der Waals surface area contributed by atoms with Crippen molar-refractivity contribution in [3.8, 4) is 5.75 Å². The van der Waals surface area contributed by atoms with Crippen molar-refractivity contribution in [2.75, 3.05) is 12.4 Å². The van der Waals surface area contributed by atoms with Crippen LogP contribution in [0.2, 0.25) is 0 Å². The van der Waals surface area contributed by atoms with Crippen LogP contribution in [-0.2, 0) is 19.5 Å².